The summed E-state index contributed by atoms with van der Waals surface area (Å²) in [5.74, 6) is -0.176. The van der Waals surface area contributed by atoms with E-state index in [1.807, 2.05) is 0 Å². The lowest BCUT2D eigenvalue weighted by molar-refractivity contribution is -0.384. The van der Waals surface area contributed by atoms with Crippen molar-refractivity contribution in [1.29, 1.82) is 0 Å². The zero-order valence-corrected chi connectivity index (χ0v) is 10.4. The molecule has 0 aliphatic rings. The van der Waals surface area contributed by atoms with Crippen molar-refractivity contribution in [2.75, 3.05) is 7.11 Å². The van der Waals surface area contributed by atoms with Crippen LogP contribution in [0.3, 0.4) is 0 Å². The molecule has 0 amide bonds. The van der Waals surface area contributed by atoms with Crippen LogP contribution in [0.4, 0.5) is 5.69 Å². The Hall–Kier alpha value is -1.91. The van der Waals surface area contributed by atoms with Gasteiger partial charge in [0.25, 0.3) is 5.69 Å². The number of nitrogens with zero attached hydrogens (tertiary/aromatic N) is 1. The number of aryl methyl sites for hydroxylation is 1. The highest BCUT2D eigenvalue weighted by atomic mass is 16.6. The maximum atomic E-state index is 10.9. The molecular formula is C13H17NO4. The maximum Gasteiger partial charge on any atom is 0.305 e. The number of carbonyl (C=O) groups excluding carboxylic acids is 1. The SMILES string of the molecule is COC(=O)CCCCCc1ccc([N+](=O)[O-])cc1. The lowest BCUT2D eigenvalue weighted by Gasteiger charge is -2.01. The summed E-state index contributed by atoms with van der Waals surface area (Å²) < 4.78 is 4.55. The molecule has 0 N–H and O–H groups in total. The van der Waals surface area contributed by atoms with E-state index in [4.69, 9.17) is 0 Å². The van der Waals surface area contributed by atoms with Gasteiger partial charge < -0.3 is 4.74 Å². The van der Waals surface area contributed by atoms with Crippen molar-refractivity contribution >= 4 is 11.7 Å². The number of unbranched alkanes of at least 4 members (excludes halogenated alkanes) is 2. The van der Waals surface area contributed by atoms with Crippen LogP contribution in [0.5, 0.6) is 0 Å². The van der Waals surface area contributed by atoms with Gasteiger partial charge in [-0.05, 0) is 24.8 Å². The molecular weight excluding hydrogens is 234 g/mol. The Morgan fingerprint density at radius 3 is 2.44 bits per heavy atom. The van der Waals surface area contributed by atoms with Crippen LogP contribution in [0.25, 0.3) is 0 Å². The van der Waals surface area contributed by atoms with Crippen molar-refractivity contribution in [2.24, 2.45) is 0 Å². The minimum Gasteiger partial charge on any atom is -0.469 e. The number of esters is 1. The van der Waals surface area contributed by atoms with Crippen LogP contribution < -0.4 is 0 Å². The maximum absolute atomic E-state index is 10.9. The van der Waals surface area contributed by atoms with Crippen LogP contribution in [0.1, 0.15) is 31.2 Å². The number of hydrogen-bond donors (Lipinski definition) is 0. The van der Waals surface area contributed by atoms with E-state index in [1.165, 1.54) is 19.2 Å². The predicted molar refractivity (Wildman–Crippen MR) is 67.3 cm³/mol. The van der Waals surface area contributed by atoms with E-state index in [0.717, 1.165) is 31.2 Å². The molecule has 0 aromatic heterocycles. The van der Waals surface area contributed by atoms with Crippen molar-refractivity contribution < 1.29 is 14.5 Å². The van der Waals surface area contributed by atoms with Crippen molar-refractivity contribution in [2.45, 2.75) is 32.1 Å². The molecule has 18 heavy (non-hydrogen) atoms. The quantitative estimate of drug-likeness (QED) is 0.323. The van der Waals surface area contributed by atoms with E-state index in [1.54, 1.807) is 12.1 Å². The van der Waals surface area contributed by atoms with Crippen molar-refractivity contribution in [1.82, 2.24) is 0 Å². The summed E-state index contributed by atoms with van der Waals surface area (Å²) in [4.78, 5) is 20.9. The normalized spacial score (nSPS) is 10.1. The van der Waals surface area contributed by atoms with Crippen LogP contribution in [0.15, 0.2) is 24.3 Å². The monoisotopic (exact) mass is 251 g/mol. The lowest BCUT2D eigenvalue weighted by Crippen LogP contribution is -1.99. The second-order valence-corrected chi connectivity index (χ2v) is 4.06. The Morgan fingerprint density at radius 1 is 1.22 bits per heavy atom. The van der Waals surface area contributed by atoms with Gasteiger partial charge in [0.05, 0.1) is 12.0 Å². The number of carbonyl (C=O) groups is 1. The third-order valence-electron chi connectivity index (χ3n) is 2.72. The van der Waals surface area contributed by atoms with E-state index < -0.39 is 4.92 Å². The topological polar surface area (TPSA) is 69.4 Å². The first-order valence-corrected chi connectivity index (χ1v) is 5.93. The third-order valence-corrected chi connectivity index (χ3v) is 2.72. The summed E-state index contributed by atoms with van der Waals surface area (Å²) in [5.41, 5.74) is 1.20. The van der Waals surface area contributed by atoms with Crippen molar-refractivity contribution in [3.05, 3.63) is 39.9 Å². The lowest BCUT2D eigenvalue weighted by atomic mass is 10.1. The van der Waals surface area contributed by atoms with Crippen molar-refractivity contribution in [3.8, 4) is 0 Å². The van der Waals surface area contributed by atoms with Gasteiger partial charge in [-0.15, -0.1) is 0 Å². The highest BCUT2D eigenvalue weighted by Crippen LogP contribution is 2.14. The minimum atomic E-state index is -0.403. The highest BCUT2D eigenvalue weighted by molar-refractivity contribution is 5.68. The second-order valence-electron chi connectivity index (χ2n) is 4.06. The van der Waals surface area contributed by atoms with E-state index in [0.29, 0.717) is 6.42 Å². The molecule has 1 aromatic carbocycles. The number of benzene rings is 1. The van der Waals surface area contributed by atoms with Gasteiger partial charge in [0.1, 0.15) is 0 Å². The standard InChI is InChI=1S/C13H17NO4/c1-18-13(15)6-4-2-3-5-11-7-9-12(10-8-11)14(16)17/h7-10H,2-6H2,1H3. The van der Waals surface area contributed by atoms with Gasteiger partial charge in [0.2, 0.25) is 0 Å². The summed E-state index contributed by atoms with van der Waals surface area (Å²) in [6, 6.07) is 6.59. The summed E-state index contributed by atoms with van der Waals surface area (Å²) in [7, 11) is 1.39. The van der Waals surface area contributed by atoms with E-state index in [-0.39, 0.29) is 11.7 Å². The number of ether oxygens (including phenoxy) is 1. The Bertz CT molecular complexity index is 400. The molecule has 5 nitrogen and oxygen atoms in total. The number of nitro groups is 1. The number of rotatable bonds is 7. The van der Waals surface area contributed by atoms with Gasteiger partial charge in [0.15, 0.2) is 0 Å². The van der Waals surface area contributed by atoms with Crippen LogP contribution in [-0.4, -0.2) is 18.0 Å². The summed E-state index contributed by atoms with van der Waals surface area (Å²) in [6.07, 6.45) is 4.07. The Labute approximate surface area is 106 Å². The number of nitro benzene ring substituents is 1. The molecule has 0 saturated carbocycles. The van der Waals surface area contributed by atoms with Crippen molar-refractivity contribution in [3.63, 3.8) is 0 Å². The van der Waals surface area contributed by atoms with Crippen LogP contribution in [-0.2, 0) is 16.0 Å². The molecule has 98 valence electrons. The largest absolute Gasteiger partial charge is 0.469 e. The molecule has 0 aliphatic carbocycles. The fourth-order valence-corrected chi connectivity index (χ4v) is 1.66. The highest BCUT2D eigenvalue weighted by Gasteiger charge is 2.04. The van der Waals surface area contributed by atoms with Gasteiger partial charge in [-0.1, -0.05) is 18.6 Å². The molecule has 1 rings (SSSR count). The zero-order chi connectivity index (χ0) is 13.4. The Kier molecular flexibility index (Phi) is 5.84. The fourth-order valence-electron chi connectivity index (χ4n) is 1.66. The van der Waals surface area contributed by atoms with E-state index in [2.05, 4.69) is 4.74 Å². The van der Waals surface area contributed by atoms with Crippen LogP contribution in [0.2, 0.25) is 0 Å². The van der Waals surface area contributed by atoms with Crippen LogP contribution in [0, 0.1) is 10.1 Å². The first kappa shape index (κ1) is 14.2. The van der Waals surface area contributed by atoms with Gasteiger partial charge in [-0.3, -0.25) is 14.9 Å². The molecule has 0 spiro atoms. The molecule has 0 saturated heterocycles. The Balaban J connectivity index is 2.23. The fraction of sp³-hybridized carbons (Fsp3) is 0.462. The van der Waals surface area contributed by atoms with E-state index >= 15 is 0 Å². The van der Waals surface area contributed by atoms with Gasteiger partial charge in [0, 0.05) is 18.6 Å². The summed E-state index contributed by atoms with van der Waals surface area (Å²) >= 11 is 0. The average molecular weight is 251 g/mol. The van der Waals surface area contributed by atoms with Gasteiger partial charge in [-0.25, -0.2) is 0 Å². The zero-order valence-electron chi connectivity index (χ0n) is 10.4. The molecule has 5 heteroatoms. The number of non-ortho nitro benzene ring substituents is 1. The first-order chi connectivity index (χ1) is 8.63. The second kappa shape index (κ2) is 7.42. The predicted octanol–water partition coefficient (Wildman–Crippen LogP) is 2.87. The number of methoxy groups -OCH3 is 1. The molecule has 1 aromatic rings. The number of hydrogen-bond acceptors (Lipinski definition) is 4. The first-order valence-electron chi connectivity index (χ1n) is 5.93. The molecule has 0 bridgehead atoms. The van der Waals surface area contributed by atoms with E-state index in [9.17, 15) is 14.9 Å². The minimum absolute atomic E-state index is 0.115. The molecule has 0 atom stereocenters. The molecule has 0 aliphatic heterocycles. The van der Waals surface area contributed by atoms with Gasteiger partial charge >= 0.3 is 5.97 Å². The molecule has 0 unspecified atom stereocenters. The third kappa shape index (κ3) is 4.95. The van der Waals surface area contributed by atoms with Crippen LogP contribution >= 0.6 is 0 Å². The summed E-state index contributed by atoms with van der Waals surface area (Å²) in [5, 5.41) is 10.5. The van der Waals surface area contributed by atoms with Gasteiger partial charge in [-0.2, -0.15) is 0 Å². The summed E-state index contributed by atoms with van der Waals surface area (Å²) in [6.45, 7) is 0. The Morgan fingerprint density at radius 2 is 1.89 bits per heavy atom. The molecule has 0 heterocycles. The average Bonchev–Trinajstić information content (AvgIpc) is 2.38. The molecule has 0 radical (unpaired) electrons. The smallest absolute Gasteiger partial charge is 0.305 e. The molecule has 0 fully saturated rings.